The van der Waals surface area contributed by atoms with Gasteiger partial charge in [0, 0.05) is 6.07 Å². The zero-order valence-electron chi connectivity index (χ0n) is 9.63. The molecule has 0 saturated carbocycles. The minimum absolute atomic E-state index is 0.0740. The van der Waals surface area contributed by atoms with Crippen LogP contribution in [-0.2, 0) is 4.74 Å². The van der Waals surface area contributed by atoms with Crippen molar-refractivity contribution in [1.82, 2.24) is 9.97 Å². The van der Waals surface area contributed by atoms with Crippen LogP contribution in [0.1, 0.15) is 18.7 Å². The number of aliphatic hydroxyl groups excluding tert-OH is 2. The van der Waals surface area contributed by atoms with Gasteiger partial charge in [-0.15, -0.1) is 0 Å². The van der Waals surface area contributed by atoms with E-state index >= 15 is 0 Å². The number of hydrogen-bond acceptors (Lipinski definition) is 6. The summed E-state index contributed by atoms with van der Waals surface area (Å²) in [5.41, 5.74) is 2.59. The number of aliphatic hydroxyl groups is 2. The van der Waals surface area contributed by atoms with Crippen LogP contribution in [0.15, 0.2) is 10.9 Å². The molecule has 18 heavy (non-hydrogen) atoms. The van der Waals surface area contributed by atoms with Crippen molar-refractivity contribution in [3.63, 3.8) is 0 Å². The molecule has 1 fully saturated rings. The highest BCUT2D eigenvalue weighted by Crippen LogP contribution is 2.43. The van der Waals surface area contributed by atoms with E-state index in [4.69, 9.17) is 15.6 Å². The average Bonchev–Trinajstić information content (AvgIpc) is 2.49. The highest BCUT2D eigenvalue weighted by molar-refractivity contribution is 5.30. The Morgan fingerprint density at radius 3 is 2.89 bits per heavy atom. The normalized spacial score (nSPS) is 35.9. The predicted molar refractivity (Wildman–Crippen MR) is 59.5 cm³/mol. The molecule has 1 aliphatic rings. The van der Waals surface area contributed by atoms with Gasteiger partial charge in [0.05, 0.1) is 12.3 Å². The second-order valence-electron chi connectivity index (χ2n) is 4.40. The number of ether oxygens (including phenoxy) is 1. The number of hydrogen-bond donors (Lipinski definition) is 4. The average molecular weight is 259 g/mol. The smallest absolute Gasteiger partial charge is 0.347 e. The van der Waals surface area contributed by atoms with Gasteiger partial charge in [0.2, 0.25) is 0 Å². The van der Waals surface area contributed by atoms with Gasteiger partial charge in [-0.1, -0.05) is 0 Å². The molecule has 2 heterocycles. The highest BCUT2D eigenvalue weighted by atomic mass is 19.1. The maximum atomic E-state index is 14.4. The number of H-pyrrole nitrogens is 1. The monoisotopic (exact) mass is 259 g/mol. The van der Waals surface area contributed by atoms with Gasteiger partial charge in [-0.05, 0) is 6.92 Å². The van der Waals surface area contributed by atoms with E-state index in [2.05, 4.69) is 9.97 Å². The summed E-state index contributed by atoms with van der Waals surface area (Å²) in [4.78, 5) is 16.9. The van der Waals surface area contributed by atoms with Crippen molar-refractivity contribution in [2.75, 3.05) is 12.3 Å². The van der Waals surface area contributed by atoms with Crippen LogP contribution < -0.4 is 11.4 Å². The van der Waals surface area contributed by atoms with Gasteiger partial charge in [-0.3, -0.25) is 0 Å². The van der Waals surface area contributed by atoms with Crippen LogP contribution in [0.4, 0.5) is 10.2 Å². The number of aromatic nitrogens is 2. The summed E-state index contributed by atoms with van der Waals surface area (Å²) in [6.45, 7) is 0.606. The van der Waals surface area contributed by atoms with Crippen molar-refractivity contribution in [1.29, 1.82) is 0 Å². The molecule has 2 rings (SSSR count). The first-order valence-electron chi connectivity index (χ1n) is 5.36. The van der Waals surface area contributed by atoms with Crippen molar-refractivity contribution in [2.24, 2.45) is 0 Å². The van der Waals surface area contributed by atoms with Crippen molar-refractivity contribution >= 4 is 5.82 Å². The van der Waals surface area contributed by atoms with Crippen LogP contribution >= 0.6 is 0 Å². The molecule has 100 valence electrons. The SMILES string of the molecule is C[C@@]1(F)[C@H](O)[C@@H](CO)O[C@H]1c1cc(N)nc(=O)[nH]1. The van der Waals surface area contributed by atoms with Crippen molar-refractivity contribution in [3.05, 3.63) is 22.2 Å². The third-order valence-electron chi connectivity index (χ3n) is 3.00. The van der Waals surface area contributed by atoms with Crippen LogP contribution in [0, 0.1) is 0 Å². The fourth-order valence-corrected chi connectivity index (χ4v) is 2.06. The first-order valence-corrected chi connectivity index (χ1v) is 5.36. The maximum Gasteiger partial charge on any atom is 0.347 e. The molecule has 1 aromatic rings. The van der Waals surface area contributed by atoms with E-state index in [1.54, 1.807) is 0 Å². The standard InChI is InChI=1S/C10H14FN3O4/c1-10(11)7(16)5(3-15)18-8(10)4-2-6(12)14-9(17)13-4/h2,5,7-8,15-16H,3H2,1H3,(H3,12,13,14,17)/t5-,7-,8+,10-/m1/s1. The number of halogens is 1. The quantitative estimate of drug-likeness (QED) is 0.533. The third-order valence-corrected chi connectivity index (χ3v) is 3.00. The van der Waals surface area contributed by atoms with Crippen LogP contribution in [-0.4, -0.2) is 44.7 Å². The Hall–Kier alpha value is -1.51. The molecule has 0 aliphatic carbocycles. The van der Waals surface area contributed by atoms with Gasteiger partial charge in [0.15, 0.2) is 5.67 Å². The Kier molecular flexibility index (Phi) is 3.09. The van der Waals surface area contributed by atoms with E-state index in [-0.39, 0.29) is 11.5 Å². The lowest BCUT2D eigenvalue weighted by atomic mass is 9.93. The Bertz CT molecular complexity index is 504. The second kappa shape index (κ2) is 4.30. The van der Waals surface area contributed by atoms with E-state index in [1.165, 1.54) is 6.07 Å². The molecule has 0 aromatic carbocycles. The molecule has 1 saturated heterocycles. The number of aromatic amines is 1. The van der Waals surface area contributed by atoms with E-state index in [0.717, 1.165) is 6.92 Å². The fourth-order valence-electron chi connectivity index (χ4n) is 2.06. The first kappa shape index (κ1) is 12.9. The Labute approximate surface area is 101 Å². The summed E-state index contributed by atoms with van der Waals surface area (Å²) in [5, 5.41) is 18.7. The molecule has 8 heteroatoms. The number of rotatable bonds is 2. The zero-order valence-corrected chi connectivity index (χ0v) is 9.63. The lowest BCUT2D eigenvalue weighted by Crippen LogP contribution is -2.39. The van der Waals surface area contributed by atoms with Crippen LogP contribution in [0.2, 0.25) is 0 Å². The van der Waals surface area contributed by atoms with Gasteiger partial charge in [-0.2, -0.15) is 4.98 Å². The predicted octanol–water partition coefficient (Wildman–Crippen LogP) is -1.13. The lowest BCUT2D eigenvalue weighted by molar-refractivity contribution is -0.0243. The molecule has 1 aromatic heterocycles. The molecule has 5 N–H and O–H groups in total. The van der Waals surface area contributed by atoms with Crippen LogP contribution in [0.3, 0.4) is 0 Å². The van der Waals surface area contributed by atoms with Gasteiger partial charge in [0.1, 0.15) is 24.1 Å². The van der Waals surface area contributed by atoms with Crippen LogP contribution in [0.25, 0.3) is 0 Å². The molecule has 0 spiro atoms. The molecular formula is C10H14FN3O4. The minimum Gasteiger partial charge on any atom is -0.394 e. The summed E-state index contributed by atoms with van der Waals surface area (Å²) in [7, 11) is 0. The summed E-state index contributed by atoms with van der Waals surface area (Å²) < 4.78 is 19.6. The first-order chi connectivity index (χ1) is 8.36. The fraction of sp³-hybridized carbons (Fsp3) is 0.600. The number of nitrogen functional groups attached to an aromatic ring is 1. The number of anilines is 1. The van der Waals surface area contributed by atoms with Gasteiger partial charge in [-0.25, -0.2) is 9.18 Å². The number of alkyl halides is 1. The zero-order chi connectivity index (χ0) is 13.5. The summed E-state index contributed by atoms with van der Waals surface area (Å²) in [6.07, 6.45) is -3.77. The Balaban J connectivity index is 2.41. The summed E-state index contributed by atoms with van der Waals surface area (Å²) in [5.74, 6) is -0.0740. The largest absolute Gasteiger partial charge is 0.394 e. The van der Waals surface area contributed by atoms with E-state index in [9.17, 15) is 14.3 Å². The van der Waals surface area contributed by atoms with Gasteiger partial charge >= 0.3 is 5.69 Å². The van der Waals surface area contributed by atoms with Crippen LogP contribution in [0.5, 0.6) is 0 Å². The maximum absolute atomic E-state index is 14.4. The molecular weight excluding hydrogens is 245 g/mol. The minimum atomic E-state index is -2.15. The molecule has 0 bridgehead atoms. The van der Waals surface area contributed by atoms with E-state index in [0.29, 0.717) is 0 Å². The topological polar surface area (TPSA) is 121 Å². The third kappa shape index (κ3) is 1.98. The van der Waals surface area contributed by atoms with Crippen molar-refractivity contribution in [3.8, 4) is 0 Å². The molecule has 1 aliphatic heterocycles. The number of nitrogens with two attached hydrogens (primary N) is 1. The Morgan fingerprint density at radius 2 is 2.39 bits per heavy atom. The molecule has 0 radical (unpaired) electrons. The summed E-state index contributed by atoms with van der Waals surface area (Å²) in [6, 6.07) is 1.26. The highest BCUT2D eigenvalue weighted by Gasteiger charge is 2.54. The van der Waals surface area contributed by atoms with Crippen molar-refractivity contribution < 1.29 is 19.3 Å². The molecule has 0 amide bonds. The lowest BCUT2D eigenvalue weighted by Gasteiger charge is -2.23. The van der Waals surface area contributed by atoms with E-state index < -0.39 is 36.3 Å². The van der Waals surface area contributed by atoms with Gasteiger partial charge < -0.3 is 25.7 Å². The molecule has 0 unspecified atom stereocenters. The van der Waals surface area contributed by atoms with Gasteiger partial charge in [0.25, 0.3) is 0 Å². The number of nitrogens with one attached hydrogen (secondary N) is 1. The van der Waals surface area contributed by atoms with E-state index in [1.807, 2.05) is 0 Å². The Morgan fingerprint density at radius 1 is 1.72 bits per heavy atom. The summed E-state index contributed by atoms with van der Waals surface area (Å²) >= 11 is 0. The molecule has 7 nitrogen and oxygen atoms in total. The molecule has 4 atom stereocenters. The number of nitrogens with zero attached hydrogens (tertiary/aromatic N) is 1. The second-order valence-corrected chi connectivity index (χ2v) is 4.40. The van der Waals surface area contributed by atoms with Crippen molar-refractivity contribution in [2.45, 2.75) is 30.9 Å².